The quantitative estimate of drug-likeness (QED) is 0.556. The minimum atomic E-state index is -0.426. The molecular weight excluding hydrogens is 332 g/mol. The number of rotatable bonds is 8. The predicted octanol–water partition coefficient (Wildman–Crippen LogP) is 1.71. The number of likely N-dealkylation sites (N-methyl/N-ethyl adjacent to an activating group) is 1. The fourth-order valence-electron chi connectivity index (χ4n) is 3.08. The fourth-order valence-corrected chi connectivity index (χ4v) is 3.08. The van der Waals surface area contributed by atoms with E-state index in [-0.39, 0.29) is 5.78 Å². The number of carbonyl (C=O) groups excluding carboxylic acids is 2. The van der Waals surface area contributed by atoms with Crippen molar-refractivity contribution >= 4 is 11.8 Å². The number of hydrogen-bond donors (Lipinski definition) is 2. The highest BCUT2D eigenvalue weighted by Gasteiger charge is 2.24. The summed E-state index contributed by atoms with van der Waals surface area (Å²) < 4.78 is 10.2. The number of ether oxygens (including phenoxy) is 2. The summed E-state index contributed by atoms with van der Waals surface area (Å²) in [5.74, 6) is 0.396. The number of H-pyrrole nitrogens is 1. The number of aromatic amines is 1. The second-order valence-corrected chi connectivity index (χ2v) is 6.43. The molecule has 0 saturated carbocycles. The molecule has 1 aromatic heterocycles. The van der Waals surface area contributed by atoms with E-state index in [0.29, 0.717) is 35.7 Å². The van der Waals surface area contributed by atoms with Gasteiger partial charge in [0.15, 0.2) is 0 Å². The number of ketones is 1. The van der Waals surface area contributed by atoms with Crippen LogP contribution in [-0.4, -0.2) is 44.0 Å². The smallest absolute Gasteiger partial charge is 0.339 e. The van der Waals surface area contributed by atoms with Gasteiger partial charge in [0.2, 0.25) is 5.78 Å². The Balaban J connectivity index is 2.04. The van der Waals surface area contributed by atoms with E-state index in [9.17, 15) is 9.59 Å². The highest BCUT2D eigenvalue weighted by Crippen LogP contribution is 2.19. The first-order valence-corrected chi connectivity index (χ1v) is 8.71. The second-order valence-electron chi connectivity index (χ2n) is 6.43. The molecule has 1 atom stereocenters. The van der Waals surface area contributed by atoms with Crippen molar-refractivity contribution in [2.75, 3.05) is 27.3 Å². The van der Waals surface area contributed by atoms with Crippen LogP contribution in [0.4, 0.5) is 0 Å². The second kappa shape index (κ2) is 8.67. The summed E-state index contributed by atoms with van der Waals surface area (Å²) >= 11 is 0. The monoisotopic (exact) mass is 359 g/mol. The fraction of sp³-hybridized carbons (Fsp3) is 0.400. The third-order valence-electron chi connectivity index (χ3n) is 4.31. The van der Waals surface area contributed by atoms with Gasteiger partial charge in [0.1, 0.15) is 18.8 Å². The Hall–Kier alpha value is -2.60. The lowest BCUT2D eigenvalue weighted by Crippen LogP contribution is -3.08. The summed E-state index contributed by atoms with van der Waals surface area (Å²) in [6.45, 7) is 7.18. The molecule has 0 aliphatic carbocycles. The molecule has 0 aliphatic heterocycles. The van der Waals surface area contributed by atoms with Gasteiger partial charge < -0.3 is 19.4 Å². The SMILES string of the molecule is CCOc1ccc(C[NH+](C)CC(=O)c2[nH]c(C)c(C(=O)OC)c2C)cc1. The highest BCUT2D eigenvalue weighted by atomic mass is 16.5. The van der Waals surface area contributed by atoms with Gasteiger partial charge in [-0.25, -0.2) is 4.79 Å². The van der Waals surface area contributed by atoms with Crippen molar-refractivity contribution in [3.63, 3.8) is 0 Å². The number of hydrogen-bond acceptors (Lipinski definition) is 4. The van der Waals surface area contributed by atoms with Gasteiger partial charge in [0.25, 0.3) is 0 Å². The Bertz CT molecular complexity index is 778. The number of nitrogens with one attached hydrogen (secondary N) is 2. The third-order valence-corrected chi connectivity index (χ3v) is 4.31. The molecule has 6 heteroatoms. The van der Waals surface area contributed by atoms with E-state index in [1.165, 1.54) is 7.11 Å². The topological polar surface area (TPSA) is 72.8 Å². The summed E-state index contributed by atoms with van der Waals surface area (Å²) in [7, 11) is 3.31. The van der Waals surface area contributed by atoms with E-state index in [1.54, 1.807) is 13.8 Å². The molecule has 2 aromatic rings. The van der Waals surface area contributed by atoms with Crippen LogP contribution in [0, 0.1) is 13.8 Å². The van der Waals surface area contributed by atoms with E-state index in [0.717, 1.165) is 22.8 Å². The van der Waals surface area contributed by atoms with Gasteiger partial charge in [-0.15, -0.1) is 0 Å². The summed E-state index contributed by atoms with van der Waals surface area (Å²) in [4.78, 5) is 28.6. The van der Waals surface area contributed by atoms with Crippen molar-refractivity contribution < 1.29 is 24.0 Å². The molecule has 0 amide bonds. The van der Waals surface area contributed by atoms with Gasteiger partial charge in [-0.1, -0.05) is 0 Å². The minimum absolute atomic E-state index is 0.0239. The minimum Gasteiger partial charge on any atom is -0.494 e. The predicted molar refractivity (Wildman–Crippen MR) is 99.0 cm³/mol. The molecule has 140 valence electrons. The molecule has 0 spiro atoms. The molecular formula is C20H27N2O4+. The van der Waals surface area contributed by atoms with E-state index in [4.69, 9.17) is 9.47 Å². The standard InChI is InChI=1S/C20H26N2O4/c1-6-26-16-9-7-15(8-10-16)11-22(4)12-17(23)19-13(2)18(14(3)21-19)20(24)25-5/h7-10,21H,6,11-12H2,1-5H3/p+1. The molecule has 0 bridgehead atoms. The Morgan fingerprint density at radius 3 is 2.38 bits per heavy atom. The van der Waals surface area contributed by atoms with Crippen molar-refractivity contribution in [3.05, 3.63) is 52.3 Å². The van der Waals surface area contributed by atoms with Crippen LogP contribution in [0.15, 0.2) is 24.3 Å². The van der Waals surface area contributed by atoms with Crippen LogP contribution in [0.25, 0.3) is 0 Å². The number of methoxy groups -OCH3 is 1. The molecule has 0 aliphatic rings. The van der Waals surface area contributed by atoms with E-state index in [2.05, 4.69) is 4.98 Å². The maximum absolute atomic E-state index is 12.7. The summed E-state index contributed by atoms with van der Waals surface area (Å²) in [5, 5.41) is 0. The van der Waals surface area contributed by atoms with Crippen LogP contribution in [-0.2, 0) is 11.3 Å². The normalized spacial score (nSPS) is 11.9. The molecule has 0 fully saturated rings. The maximum Gasteiger partial charge on any atom is 0.339 e. The number of quaternary nitrogens is 1. The van der Waals surface area contributed by atoms with Crippen LogP contribution in [0.3, 0.4) is 0 Å². The van der Waals surface area contributed by atoms with Crippen molar-refractivity contribution in [1.82, 2.24) is 4.98 Å². The zero-order valence-electron chi connectivity index (χ0n) is 16.1. The first-order valence-electron chi connectivity index (χ1n) is 8.71. The van der Waals surface area contributed by atoms with Crippen LogP contribution >= 0.6 is 0 Å². The largest absolute Gasteiger partial charge is 0.494 e. The van der Waals surface area contributed by atoms with Crippen LogP contribution in [0.1, 0.15) is 44.6 Å². The molecule has 26 heavy (non-hydrogen) atoms. The lowest BCUT2D eigenvalue weighted by molar-refractivity contribution is -0.884. The van der Waals surface area contributed by atoms with Crippen molar-refractivity contribution in [2.24, 2.45) is 0 Å². The molecule has 1 unspecified atom stereocenters. The molecule has 1 heterocycles. The van der Waals surface area contributed by atoms with Gasteiger partial charge >= 0.3 is 5.97 Å². The summed E-state index contributed by atoms with van der Waals surface area (Å²) in [6, 6.07) is 7.90. The lowest BCUT2D eigenvalue weighted by Gasteiger charge is -2.13. The number of esters is 1. The molecule has 0 radical (unpaired) electrons. The average Bonchev–Trinajstić information content (AvgIpc) is 2.90. The Morgan fingerprint density at radius 1 is 1.15 bits per heavy atom. The van der Waals surface area contributed by atoms with Crippen LogP contribution in [0.5, 0.6) is 5.75 Å². The summed E-state index contributed by atoms with van der Waals surface area (Å²) in [6.07, 6.45) is 0. The maximum atomic E-state index is 12.7. The lowest BCUT2D eigenvalue weighted by atomic mass is 10.1. The zero-order valence-corrected chi connectivity index (χ0v) is 16.1. The van der Waals surface area contributed by atoms with Gasteiger partial charge in [-0.2, -0.15) is 0 Å². The number of aryl methyl sites for hydroxylation is 1. The van der Waals surface area contributed by atoms with Gasteiger partial charge in [0, 0.05) is 11.3 Å². The number of carbonyl (C=O) groups is 2. The average molecular weight is 359 g/mol. The van der Waals surface area contributed by atoms with Crippen molar-refractivity contribution in [2.45, 2.75) is 27.3 Å². The molecule has 6 nitrogen and oxygen atoms in total. The molecule has 0 saturated heterocycles. The third kappa shape index (κ3) is 4.52. The number of aromatic nitrogens is 1. The Labute approximate surface area is 154 Å². The van der Waals surface area contributed by atoms with E-state index < -0.39 is 5.97 Å². The highest BCUT2D eigenvalue weighted by molar-refractivity contribution is 6.01. The van der Waals surface area contributed by atoms with E-state index in [1.807, 2.05) is 38.2 Å². The van der Waals surface area contributed by atoms with Gasteiger partial charge in [0.05, 0.1) is 32.0 Å². The van der Waals surface area contributed by atoms with Crippen LogP contribution in [0.2, 0.25) is 0 Å². The molecule has 2 rings (SSSR count). The van der Waals surface area contributed by atoms with Gasteiger partial charge in [-0.3, -0.25) is 4.79 Å². The van der Waals surface area contributed by atoms with E-state index >= 15 is 0 Å². The number of Topliss-reactive ketones (excluding diaryl/α,β-unsaturated/α-hetero) is 1. The van der Waals surface area contributed by atoms with Gasteiger partial charge in [-0.05, 0) is 50.6 Å². The molecule has 2 N–H and O–H groups in total. The molecule has 1 aromatic carbocycles. The van der Waals surface area contributed by atoms with Crippen LogP contribution < -0.4 is 9.64 Å². The Kier molecular flexibility index (Phi) is 6.58. The first-order chi connectivity index (χ1) is 12.4. The van der Waals surface area contributed by atoms with Crippen molar-refractivity contribution in [1.29, 1.82) is 0 Å². The zero-order chi connectivity index (χ0) is 19.3. The summed E-state index contributed by atoms with van der Waals surface area (Å²) in [5.41, 5.74) is 3.36. The first kappa shape index (κ1) is 19.7. The van der Waals surface area contributed by atoms with Crippen molar-refractivity contribution in [3.8, 4) is 5.75 Å². The number of benzene rings is 1. The Morgan fingerprint density at radius 2 is 1.81 bits per heavy atom.